The van der Waals surface area contributed by atoms with Crippen molar-refractivity contribution in [2.24, 2.45) is 0 Å². The highest BCUT2D eigenvalue weighted by atomic mass is 15.3. The number of nitrogens with two attached hydrogens (primary N) is 1. The van der Waals surface area contributed by atoms with E-state index in [-0.39, 0.29) is 0 Å². The lowest BCUT2D eigenvalue weighted by Crippen LogP contribution is -2.00. The Morgan fingerprint density at radius 2 is 2.12 bits per heavy atom. The van der Waals surface area contributed by atoms with Gasteiger partial charge in [0.2, 0.25) is 5.95 Å². The molecule has 0 bridgehead atoms. The van der Waals surface area contributed by atoms with Gasteiger partial charge in [0.15, 0.2) is 5.65 Å². The zero-order chi connectivity index (χ0) is 11.0. The fourth-order valence-corrected chi connectivity index (χ4v) is 1.54. The van der Waals surface area contributed by atoms with E-state index in [0.717, 1.165) is 11.3 Å². The first-order chi connectivity index (χ1) is 7.86. The zero-order valence-electron chi connectivity index (χ0n) is 8.28. The highest BCUT2D eigenvalue weighted by Gasteiger charge is 2.09. The Morgan fingerprint density at radius 3 is 2.94 bits per heavy atom. The SMILES string of the molecule is Nc1ncc(-c2ccccn2)c2nncn12. The molecule has 0 saturated carbocycles. The molecule has 3 heterocycles. The van der Waals surface area contributed by atoms with Gasteiger partial charge >= 0.3 is 0 Å². The molecule has 0 atom stereocenters. The summed E-state index contributed by atoms with van der Waals surface area (Å²) < 4.78 is 1.63. The quantitative estimate of drug-likeness (QED) is 0.644. The minimum atomic E-state index is 0.361. The van der Waals surface area contributed by atoms with Crippen molar-refractivity contribution in [1.82, 2.24) is 24.6 Å². The largest absolute Gasteiger partial charge is 0.369 e. The van der Waals surface area contributed by atoms with Gasteiger partial charge in [-0.15, -0.1) is 10.2 Å². The molecule has 3 rings (SSSR count). The molecule has 2 N–H and O–H groups in total. The summed E-state index contributed by atoms with van der Waals surface area (Å²) in [7, 11) is 0. The molecule has 6 heteroatoms. The average molecular weight is 212 g/mol. The molecule has 0 spiro atoms. The second-order valence-corrected chi connectivity index (χ2v) is 3.27. The van der Waals surface area contributed by atoms with Crippen molar-refractivity contribution in [3.05, 3.63) is 36.9 Å². The molecule has 6 nitrogen and oxygen atoms in total. The molecular formula is C10H8N6. The van der Waals surface area contributed by atoms with Gasteiger partial charge in [0, 0.05) is 12.4 Å². The normalized spacial score (nSPS) is 10.8. The van der Waals surface area contributed by atoms with E-state index in [9.17, 15) is 0 Å². The molecule has 0 aliphatic heterocycles. The third-order valence-electron chi connectivity index (χ3n) is 2.30. The highest BCUT2D eigenvalue weighted by Crippen LogP contribution is 2.20. The number of hydrogen-bond donors (Lipinski definition) is 1. The summed E-state index contributed by atoms with van der Waals surface area (Å²) >= 11 is 0. The molecule has 3 aromatic heterocycles. The summed E-state index contributed by atoms with van der Waals surface area (Å²) in [6.07, 6.45) is 4.91. The molecule has 0 aliphatic carbocycles. The minimum Gasteiger partial charge on any atom is -0.369 e. The van der Waals surface area contributed by atoms with Crippen LogP contribution >= 0.6 is 0 Å². The van der Waals surface area contributed by atoms with E-state index in [2.05, 4.69) is 20.2 Å². The van der Waals surface area contributed by atoms with E-state index in [4.69, 9.17) is 5.73 Å². The van der Waals surface area contributed by atoms with E-state index < -0.39 is 0 Å². The monoisotopic (exact) mass is 212 g/mol. The lowest BCUT2D eigenvalue weighted by molar-refractivity contribution is 1.08. The van der Waals surface area contributed by atoms with Crippen LogP contribution in [0.4, 0.5) is 5.95 Å². The number of nitrogens with zero attached hydrogens (tertiary/aromatic N) is 5. The molecule has 16 heavy (non-hydrogen) atoms. The van der Waals surface area contributed by atoms with Gasteiger partial charge in [-0.05, 0) is 12.1 Å². The van der Waals surface area contributed by atoms with Gasteiger partial charge in [0.25, 0.3) is 0 Å². The van der Waals surface area contributed by atoms with Crippen molar-refractivity contribution in [3.63, 3.8) is 0 Å². The van der Waals surface area contributed by atoms with Crippen LogP contribution in [-0.2, 0) is 0 Å². The molecule has 0 amide bonds. The van der Waals surface area contributed by atoms with Crippen LogP contribution in [0.2, 0.25) is 0 Å². The van der Waals surface area contributed by atoms with E-state index in [1.54, 1.807) is 16.8 Å². The van der Waals surface area contributed by atoms with Crippen LogP contribution in [0.5, 0.6) is 0 Å². The predicted octanol–water partition coefficient (Wildman–Crippen LogP) is 0.768. The van der Waals surface area contributed by atoms with Crippen LogP contribution in [-0.4, -0.2) is 24.6 Å². The number of fused-ring (bicyclic) bond motifs is 1. The first-order valence-corrected chi connectivity index (χ1v) is 4.72. The molecule has 0 unspecified atom stereocenters. The van der Waals surface area contributed by atoms with Crippen molar-refractivity contribution < 1.29 is 0 Å². The summed E-state index contributed by atoms with van der Waals surface area (Å²) in [6, 6.07) is 5.66. The standard InChI is InChI=1S/C10H8N6/c11-10-13-5-7(8-3-1-2-4-12-8)9-15-14-6-16(9)10/h1-6H,(H2,11,13). The molecule has 0 fully saturated rings. The number of anilines is 1. The summed E-state index contributed by atoms with van der Waals surface area (Å²) in [5, 5.41) is 7.82. The van der Waals surface area contributed by atoms with Crippen molar-refractivity contribution in [1.29, 1.82) is 0 Å². The summed E-state index contributed by atoms with van der Waals surface area (Å²) in [5.74, 6) is 0.361. The molecule has 0 saturated heterocycles. The first kappa shape index (κ1) is 8.78. The Kier molecular flexibility index (Phi) is 1.79. The smallest absolute Gasteiger partial charge is 0.207 e. The highest BCUT2D eigenvalue weighted by molar-refractivity contribution is 5.74. The van der Waals surface area contributed by atoms with Crippen LogP contribution in [0.3, 0.4) is 0 Å². The fourth-order valence-electron chi connectivity index (χ4n) is 1.54. The van der Waals surface area contributed by atoms with E-state index in [1.165, 1.54) is 6.33 Å². The third kappa shape index (κ3) is 1.20. The van der Waals surface area contributed by atoms with E-state index in [1.807, 2.05) is 18.2 Å². The maximum absolute atomic E-state index is 5.70. The Morgan fingerprint density at radius 1 is 1.19 bits per heavy atom. The zero-order valence-corrected chi connectivity index (χ0v) is 8.28. The van der Waals surface area contributed by atoms with Gasteiger partial charge in [-0.1, -0.05) is 6.07 Å². The number of pyridine rings is 1. The van der Waals surface area contributed by atoms with Crippen LogP contribution in [0.25, 0.3) is 16.9 Å². The van der Waals surface area contributed by atoms with Crippen molar-refractivity contribution in [3.8, 4) is 11.3 Å². The second-order valence-electron chi connectivity index (χ2n) is 3.27. The lowest BCUT2D eigenvalue weighted by Gasteiger charge is -2.03. The molecule has 3 aromatic rings. The van der Waals surface area contributed by atoms with Crippen molar-refractivity contribution in [2.45, 2.75) is 0 Å². The lowest BCUT2D eigenvalue weighted by atomic mass is 10.2. The second kappa shape index (κ2) is 3.27. The predicted molar refractivity (Wildman–Crippen MR) is 58.4 cm³/mol. The van der Waals surface area contributed by atoms with Gasteiger partial charge in [0.1, 0.15) is 6.33 Å². The van der Waals surface area contributed by atoms with Gasteiger partial charge in [-0.2, -0.15) is 0 Å². The van der Waals surface area contributed by atoms with Crippen LogP contribution in [0.1, 0.15) is 0 Å². The number of aromatic nitrogens is 5. The van der Waals surface area contributed by atoms with Crippen LogP contribution in [0, 0.1) is 0 Å². The van der Waals surface area contributed by atoms with E-state index >= 15 is 0 Å². The van der Waals surface area contributed by atoms with Gasteiger partial charge in [0.05, 0.1) is 11.3 Å². The van der Waals surface area contributed by atoms with Gasteiger partial charge < -0.3 is 5.73 Å². The molecule has 0 radical (unpaired) electrons. The van der Waals surface area contributed by atoms with Gasteiger partial charge in [-0.3, -0.25) is 9.38 Å². The Hall–Kier alpha value is -2.50. The molecule has 0 aliphatic rings. The number of rotatable bonds is 1. The molecular weight excluding hydrogens is 204 g/mol. The Bertz CT molecular complexity index is 630. The first-order valence-electron chi connectivity index (χ1n) is 4.72. The number of hydrogen-bond acceptors (Lipinski definition) is 5. The van der Waals surface area contributed by atoms with Gasteiger partial charge in [-0.25, -0.2) is 4.98 Å². The van der Waals surface area contributed by atoms with Crippen LogP contribution < -0.4 is 5.73 Å². The molecule has 78 valence electrons. The number of nitrogen functional groups attached to an aromatic ring is 1. The van der Waals surface area contributed by atoms with Crippen molar-refractivity contribution in [2.75, 3.05) is 5.73 Å². The topological polar surface area (TPSA) is 82.0 Å². The maximum atomic E-state index is 5.70. The van der Waals surface area contributed by atoms with Crippen molar-refractivity contribution >= 4 is 11.6 Å². The van der Waals surface area contributed by atoms with Crippen LogP contribution in [0.15, 0.2) is 36.9 Å². The molecule has 0 aromatic carbocycles. The summed E-state index contributed by atoms with van der Waals surface area (Å²) in [6.45, 7) is 0. The maximum Gasteiger partial charge on any atom is 0.207 e. The fraction of sp³-hybridized carbons (Fsp3) is 0. The Balaban J connectivity index is 2.33. The minimum absolute atomic E-state index is 0.361. The average Bonchev–Trinajstić information content (AvgIpc) is 2.81. The van der Waals surface area contributed by atoms with E-state index in [0.29, 0.717) is 11.6 Å². The third-order valence-corrected chi connectivity index (χ3v) is 2.30. The Labute approximate surface area is 90.8 Å². The summed E-state index contributed by atoms with van der Waals surface area (Å²) in [5.41, 5.74) is 7.97. The summed E-state index contributed by atoms with van der Waals surface area (Å²) in [4.78, 5) is 8.32.